The van der Waals surface area contributed by atoms with Crippen molar-refractivity contribution >= 4 is 5.82 Å². The molecule has 1 atom stereocenters. The van der Waals surface area contributed by atoms with E-state index in [1.165, 1.54) is 6.07 Å². The quantitative estimate of drug-likeness (QED) is 0.771. The van der Waals surface area contributed by atoms with Crippen LogP contribution in [0.5, 0.6) is 0 Å². The summed E-state index contributed by atoms with van der Waals surface area (Å²) in [5.74, 6) is 0.692. The highest BCUT2D eigenvalue weighted by Gasteiger charge is 2.36. The summed E-state index contributed by atoms with van der Waals surface area (Å²) >= 11 is 0. The summed E-state index contributed by atoms with van der Waals surface area (Å²) < 4.78 is 38.1. The molecular weight excluding hydrogens is 257 g/mol. The highest BCUT2D eigenvalue weighted by atomic mass is 19.4. The molecule has 19 heavy (non-hydrogen) atoms. The predicted octanol–water partition coefficient (Wildman–Crippen LogP) is 1.28. The molecule has 7 heteroatoms. The number of alkyl halides is 3. The van der Waals surface area contributed by atoms with E-state index < -0.39 is 11.7 Å². The van der Waals surface area contributed by atoms with Gasteiger partial charge in [0.15, 0.2) is 0 Å². The zero-order chi connectivity index (χ0) is 13.6. The maximum Gasteiger partial charge on any atom is 0.417 e. The lowest BCUT2D eigenvalue weighted by molar-refractivity contribution is -0.137. The van der Waals surface area contributed by atoms with Gasteiger partial charge in [-0.3, -0.25) is 4.90 Å². The molecule has 0 spiro atoms. The van der Waals surface area contributed by atoms with Gasteiger partial charge in [-0.2, -0.15) is 13.2 Å². The number of aromatic nitrogens is 1. The Morgan fingerprint density at radius 3 is 2.95 bits per heavy atom. The molecule has 1 aromatic heterocycles. The number of fused-ring (bicyclic) bond motifs is 3. The van der Waals surface area contributed by atoms with Gasteiger partial charge in [-0.25, -0.2) is 4.98 Å². The van der Waals surface area contributed by atoms with Gasteiger partial charge >= 0.3 is 6.18 Å². The summed E-state index contributed by atoms with van der Waals surface area (Å²) in [5, 5.41) is 3.29. The van der Waals surface area contributed by atoms with Crippen molar-refractivity contribution in [3.8, 4) is 0 Å². The van der Waals surface area contributed by atoms with Gasteiger partial charge in [-0.05, 0) is 13.1 Å². The molecule has 0 amide bonds. The average molecular weight is 272 g/mol. The summed E-state index contributed by atoms with van der Waals surface area (Å²) in [4.78, 5) is 8.19. The number of nitrogens with zero attached hydrogens (tertiary/aromatic N) is 3. The zero-order valence-electron chi connectivity index (χ0n) is 10.5. The first-order valence-corrected chi connectivity index (χ1v) is 6.20. The zero-order valence-corrected chi connectivity index (χ0v) is 10.5. The first kappa shape index (κ1) is 12.7. The number of hydrogen-bond donors (Lipinski definition) is 1. The summed E-state index contributed by atoms with van der Waals surface area (Å²) in [6.07, 6.45) is -3.23. The molecule has 1 saturated heterocycles. The van der Waals surface area contributed by atoms with E-state index in [2.05, 4.69) is 20.1 Å². The molecule has 0 saturated carbocycles. The van der Waals surface area contributed by atoms with Crippen LogP contribution < -0.4 is 10.2 Å². The lowest BCUT2D eigenvalue weighted by atomic mass is 10.1. The SMILES string of the molecule is CN1Cc2cc(C(F)(F)F)cnc2N2CCNCC12. The third kappa shape index (κ3) is 2.17. The number of likely N-dealkylation sites (N-methyl/N-ethyl adjacent to an activating group) is 1. The minimum atomic E-state index is -4.33. The van der Waals surface area contributed by atoms with Gasteiger partial charge in [0.25, 0.3) is 0 Å². The molecule has 0 radical (unpaired) electrons. The predicted molar refractivity (Wildman–Crippen MR) is 64.7 cm³/mol. The number of rotatable bonds is 0. The molecule has 2 aliphatic rings. The average Bonchev–Trinajstić information content (AvgIpc) is 2.37. The highest BCUT2D eigenvalue weighted by molar-refractivity contribution is 5.52. The second kappa shape index (κ2) is 4.35. The topological polar surface area (TPSA) is 31.4 Å². The number of piperazine rings is 1. The molecule has 3 heterocycles. The molecule has 0 aliphatic carbocycles. The first-order valence-electron chi connectivity index (χ1n) is 6.20. The molecule has 1 fully saturated rings. The van der Waals surface area contributed by atoms with Crippen molar-refractivity contribution in [3.05, 3.63) is 23.4 Å². The van der Waals surface area contributed by atoms with Crippen molar-refractivity contribution in [2.24, 2.45) is 0 Å². The van der Waals surface area contributed by atoms with Gasteiger partial charge in [0.05, 0.1) is 11.7 Å². The Bertz CT molecular complexity index is 488. The van der Waals surface area contributed by atoms with Crippen LogP contribution in [0.25, 0.3) is 0 Å². The summed E-state index contributed by atoms with van der Waals surface area (Å²) in [6.45, 7) is 2.89. The molecule has 3 rings (SSSR count). The van der Waals surface area contributed by atoms with E-state index in [9.17, 15) is 13.2 Å². The summed E-state index contributed by atoms with van der Waals surface area (Å²) in [7, 11) is 1.92. The fourth-order valence-corrected chi connectivity index (χ4v) is 2.74. The van der Waals surface area contributed by atoms with Crippen molar-refractivity contribution in [3.63, 3.8) is 0 Å². The van der Waals surface area contributed by atoms with Gasteiger partial charge in [-0.1, -0.05) is 0 Å². The van der Waals surface area contributed by atoms with E-state index in [1.54, 1.807) is 0 Å². The van der Waals surface area contributed by atoms with Crippen LogP contribution in [0.2, 0.25) is 0 Å². The largest absolute Gasteiger partial charge is 0.417 e. The van der Waals surface area contributed by atoms with Gasteiger partial charge in [0.1, 0.15) is 5.82 Å². The maximum absolute atomic E-state index is 12.7. The molecule has 1 N–H and O–H groups in total. The first-order chi connectivity index (χ1) is 8.97. The van der Waals surface area contributed by atoms with E-state index in [0.29, 0.717) is 17.9 Å². The highest BCUT2D eigenvalue weighted by Crippen LogP contribution is 2.34. The van der Waals surface area contributed by atoms with Crippen LogP contribution in [0.4, 0.5) is 19.0 Å². The lowest BCUT2D eigenvalue weighted by Crippen LogP contribution is -2.60. The van der Waals surface area contributed by atoms with Crippen molar-refractivity contribution in [2.75, 3.05) is 31.6 Å². The molecule has 0 aromatic carbocycles. The Labute approximate surface area is 109 Å². The Morgan fingerprint density at radius 2 is 2.21 bits per heavy atom. The van der Waals surface area contributed by atoms with Crippen molar-refractivity contribution in [2.45, 2.75) is 18.9 Å². The standard InChI is InChI=1S/C12H15F3N4/c1-18-7-8-4-9(12(13,14)15)5-17-11(8)19-3-2-16-6-10(18)19/h4-5,10,16H,2-3,6-7H2,1H3. The normalized spacial score (nSPS) is 24.0. The van der Waals surface area contributed by atoms with Crippen LogP contribution >= 0.6 is 0 Å². The Hall–Kier alpha value is -1.34. The van der Waals surface area contributed by atoms with Crippen LogP contribution in [-0.2, 0) is 12.7 Å². The van der Waals surface area contributed by atoms with Crippen LogP contribution in [-0.4, -0.2) is 42.7 Å². The minimum absolute atomic E-state index is 0.172. The van der Waals surface area contributed by atoms with E-state index >= 15 is 0 Å². The summed E-state index contributed by atoms with van der Waals surface area (Å²) in [6, 6.07) is 1.22. The van der Waals surface area contributed by atoms with Crippen molar-refractivity contribution < 1.29 is 13.2 Å². The van der Waals surface area contributed by atoms with Gasteiger partial charge in [0.2, 0.25) is 0 Å². The maximum atomic E-state index is 12.7. The monoisotopic (exact) mass is 272 g/mol. The molecule has 2 aliphatic heterocycles. The molecular formula is C12H15F3N4. The molecule has 1 aromatic rings. The number of anilines is 1. The van der Waals surface area contributed by atoms with Crippen LogP contribution in [0, 0.1) is 0 Å². The van der Waals surface area contributed by atoms with Crippen molar-refractivity contribution in [1.29, 1.82) is 0 Å². The fourth-order valence-electron chi connectivity index (χ4n) is 2.74. The molecule has 1 unspecified atom stereocenters. The fraction of sp³-hybridized carbons (Fsp3) is 0.583. The van der Waals surface area contributed by atoms with Gasteiger partial charge in [0, 0.05) is 37.9 Å². The van der Waals surface area contributed by atoms with Crippen LogP contribution in [0.15, 0.2) is 12.3 Å². The van der Waals surface area contributed by atoms with Crippen LogP contribution in [0.1, 0.15) is 11.1 Å². The number of hydrogen-bond acceptors (Lipinski definition) is 4. The van der Waals surface area contributed by atoms with E-state index in [4.69, 9.17) is 0 Å². The third-order valence-electron chi connectivity index (χ3n) is 3.69. The Morgan fingerprint density at radius 1 is 1.42 bits per heavy atom. The minimum Gasteiger partial charge on any atom is -0.338 e. The lowest BCUT2D eigenvalue weighted by Gasteiger charge is -2.46. The van der Waals surface area contributed by atoms with E-state index in [0.717, 1.165) is 25.8 Å². The molecule has 0 bridgehead atoms. The van der Waals surface area contributed by atoms with E-state index in [1.807, 2.05) is 7.05 Å². The summed E-state index contributed by atoms with van der Waals surface area (Å²) in [5.41, 5.74) is -0.0243. The second-order valence-corrected chi connectivity index (χ2v) is 5.00. The Balaban J connectivity index is 2.00. The number of nitrogens with one attached hydrogen (secondary N) is 1. The van der Waals surface area contributed by atoms with Gasteiger partial charge < -0.3 is 10.2 Å². The smallest absolute Gasteiger partial charge is 0.338 e. The van der Waals surface area contributed by atoms with E-state index in [-0.39, 0.29) is 6.17 Å². The molecule has 104 valence electrons. The van der Waals surface area contributed by atoms with Gasteiger partial charge in [-0.15, -0.1) is 0 Å². The second-order valence-electron chi connectivity index (χ2n) is 5.00. The van der Waals surface area contributed by atoms with Crippen LogP contribution in [0.3, 0.4) is 0 Å². The number of halogens is 3. The molecule has 4 nitrogen and oxygen atoms in total. The Kier molecular flexibility index (Phi) is 2.90. The third-order valence-corrected chi connectivity index (χ3v) is 3.69. The number of pyridine rings is 1. The van der Waals surface area contributed by atoms with Crippen molar-refractivity contribution in [1.82, 2.24) is 15.2 Å².